The molecule has 400 valence electrons. The lowest BCUT2D eigenvalue weighted by atomic mass is 9.93. The number of methoxy groups -OCH3 is 2. The third-order valence-corrected chi connectivity index (χ3v) is 12.2. The predicted molar refractivity (Wildman–Crippen MR) is 285 cm³/mol. The zero-order valence-corrected chi connectivity index (χ0v) is 41.8. The van der Waals surface area contributed by atoms with Crippen LogP contribution >= 0.6 is 0 Å². The van der Waals surface area contributed by atoms with Gasteiger partial charge in [-0.2, -0.15) is 8.42 Å². The molecule has 0 fully saturated rings. The van der Waals surface area contributed by atoms with Crippen LogP contribution in [0.15, 0.2) is 158 Å². The van der Waals surface area contributed by atoms with Gasteiger partial charge in [-0.05, 0) is 85.6 Å². The van der Waals surface area contributed by atoms with Crippen molar-refractivity contribution in [1.29, 1.82) is 0 Å². The number of carbonyl (C=O) groups is 2. The van der Waals surface area contributed by atoms with Crippen LogP contribution in [0.25, 0.3) is 22.5 Å². The van der Waals surface area contributed by atoms with Crippen molar-refractivity contribution in [2.45, 2.75) is 32.1 Å². The third kappa shape index (κ3) is 13.6. The van der Waals surface area contributed by atoms with Gasteiger partial charge in [0.05, 0.1) is 48.8 Å². The van der Waals surface area contributed by atoms with E-state index in [0.717, 1.165) is 15.6 Å². The lowest BCUT2D eigenvalue weighted by Gasteiger charge is -2.17. The second kappa shape index (κ2) is 25.7. The average molecular weight is 1070 g/mol. The molecule has 0 spiro atoms. The van der Waals surface area contributed by atoms with Gasteiger partial charge in [0.1, 0.15) is 46.0 Å². The number of nitro groups is 2. The summed E-state index contributed by atoms with van der Waals surface area (Å²) in [6.45, 7) is -0.588. The Balaban J connectivity index is 0.000000248. The number of benzene rings is 6. The molecule has 77 heavy (non-hydrogen) atoms. The number of rotatable bonds is 20. The summed E-state index contributed by atoms with van der Waals surface area (Å²) in [6.07, 6.45) is 0.953. The molecule has 5 N–H and O–H groups in total. The second-order valence-electron chi connectivity index (χ2n) is 16.5. The first-order valence-electron chi connectivity index (χ1n) is 23.0. The number of hydrogen-bond donors (Lipinski definition) is 3. The van der Waals surface area contributed by atoms with Gasteiger partial charge < -0.3 is 35.7 Å². The quantitative estimate of drug-likeness (QED) is 0.0210. The van der Waals surface area contributed by atoms with E-state index in [-0.39, 0.29) is 84.8 Å². The van der Waals surface area contributed by atoms with Gasteiger partial charge in [0.15, 0.2) is 11.4 Å². The van der Waals surface area contributed by atoms with Gasteiger partial charge in [-0.1, -0.05) is 80.2 Å². The summed E-state index contributed by atoms with van der Waals surface area (Å²) in [5.74, 6) is 12.2. The number of carbonyl (C=O) groups excluding carboxylic acids is 2. The molecule has 0 aliphatic rings. The summed E-state index contributed by atoms with van der Waals surface area (Å²) in [6, 6.07) is 44.2. The maximum absolute atomic E-state index is 12.8. The van der Waals surface area contributed by atoms with Gasteiger partial charge in [0, 0.05) is 41.0 Å². The number of para-hydroxylation sites is 4. The van der Waals surface area contributed by atoms with Crippen LogP contribution in [0.2, 0.25) is 0 Å². The normalized spacial score (nSPS) is 11.7. The highest BCUT2D eigenvalue weighted by Crippen LogP contribution is 2.39. The molecule has 2 unspecified atom stereocenters. The topological polar surface area (TPSA) is 309 Å². The van der Waals surface area contributed by atoms with E-state index in [1.165, 1.54) is 38.5 Å². The third-order valence-electron chi connectivity index (χ3n) is 11.6. The maximum Gasteiger partial charge on any atom is 0.358 e. The minimum atomic E-state index is -3.79. The zero-order chi connectivity index (χ0) is 54.5. The fourth-order valence-electron chi connectivity index (χ4n) is 8.18. The molecule has 0 saturated carbocycles. The number of hydrogen-bond acceptors (Lipinski definition) is 18. The monoisotopic (exact) mass is 1070 g/mol. The molecule has 0 amide bonds. The van der Waals surface area contributed by atoms with Crippen molar-refractivity contribution in [3.8, 4) is 45.5 Å². The maximum atomic E-state index is 12.8. The molecule has 8 rings (SSSR count). The molecule has 2 heterocycles. The predicted octanol–water partition coefficient (Wildman–Crippen LogP) is 9.15. The van der Waals surface area contributed by atoms with E-state index in [2.05, 4.69) is 9.97 Å². The summed E-state index contributed by atoms with van der Waals surface area (Å²) in [7, 11) is -1.37. The Labute approximate surface area is 442 Å². The Morgan fingerprint density at radius 3 is 1.29 bits per heavy atom. The summed E-state index contributed by atoms with van der Waals surface area (Å²) in [4.78, 5) is 57.2. The van der Waals surface area contributed by atoms with Crippen LogP contribution in [-0.4, -0.2) is 88.3 Å². The Hall–Kier alpha value is -9.45. The molecule has 0 saturated heterocycles. The van der Waals surface area contributed by atoms with Gasteiger partial charge >= 0.3 is 11.9 Å². The Morgan fingerprint density at radius 2 is 0.935 bits per heavy atom. The highest BCUT2D eigenvalue weighted by Gasteiger charge is 2.34. The molecule has 2 aromatic heterocycles. The smallest absolute Gasteiger partial charge is 0.358 e. The lowest BCUT2D eigenvalue weighted by molar-refractivity contribution is -0.385. The lowest BCUT2D eigenvalue weighted by Crippen LogP contribution is -2.23. The van der Waals surface area contributed by atoms with Crippen LogP contribution in [0, 0.1) is 20.2 Å². The number of aliphatic hydroxyl groups is 1. The number of imidazole rings is 2. The fourth-order valence-corrected chi connectivity index (χ4v) is 8.58. The van der Waals surface area contributed by atoms with Crippen molar-refractivity contribution < 1.29 is 56.1 Å². The molecule has 0 bridgehead atoms. The van der Waals surface area contributed by atoms with E-state index < -0.39 is 43.7 Å². The fraction of sp³-hybridized carbons (Fsp3) is 0.185. The largest absolute Gasteiger partial charge is 0.464 e. The van der Waals surface area contributed by atoms with Crippen molar-refractivity contribution in [1.82, 2.24) is 19.3 Å². The van der Waals surface area contributed by atoms with Crippen LogP contribution in [-0.2, 0) is 23.8 Å². The van der Waals surface area contributed by atoms with Gasteiger partial charge in [-0.15, -0.1) is 0 Å². The Morgan fingerprint density at radius 1 is 0.584 bits per heavy atom. The van der Waals surface area contributed by atoms with Gasteiger partial charge in [-0.3, -0.25) is 24.4 Å². The van der Waals surface area contributed by atoms with E-state index >= 15 is 0 Å². The van der Waals surface area contributed by atoms with Crippen LogP contribution < -0.4 is 21.2 Å². The molecular weight excluding hydrogens is 1020 g/mol. The molecule has 8 aromatic rings. The minimum absolute atomic E-state index is 0. The molecule has 23 heteroatoms. The summed E-state index contributed by atoms with van der Waals surface area (Å²) < 4.78 is 51.7. The highest BCUT2D eigenvalue weighted by molar-refractivity contribution is 7.85. The number of aromatic nitrogens is 4. The van der Waals surface area contributed by atoms with E-state index in [1.54, 1.807) is 72.8 Å². The average Bonchev–Trinajstić information content (AvgIpc) is 3.95. The number of aliphatic hydroxyl groups excluding tert-OH is 1. The Bertz CT molecular complexity index is 3450. The van der Waals surface area contributed by atoms with Crippen LogP contribution in [0.3, 0.4) is 0 Å². The van der Waals surface area contributed by atoms with E-state index in [1.807, 2.05) is 60.7 Å². The molecule has 6 aromatic carbocycles. The van der Waals surface area contributed by atoms with E-state index in [0.29, 0.717) is 39.7 Å². The Kier molecular flexibility index (Phi) is 18.9. The highest BCUT2D eigenvalue weighted by atomic mass is 32.2. The van der Waals surface area contributed by atoms with Crippen LogP contribution in [0.5, 0.6) is 23.0 Å². The summed E-state index contributed by atoms with van der Waals surface area (Å²) >= 11 is 0. The molecule has 2 atom stereocenters. The van der Waals surface area contributed by atoms with E-state index in [9.17, 15) is 43.3 Å². The second-order valence-corrected chi connectivity index (χ2v) is 18.1. The van der Waals surface area contributed by atoms with Crippen LogP contribution in [0.1, 0.15) is 75.9 Å². The summed E-state index contributed by atoms with van der Waals surface area (Å²) in [5, 5.41) is 33.2. The van der Waals surface area contributed by atoms with Crippen molar-refractivity contribution in [2.24, 2.45) is 0 Å². The van der Waals surface area contributed by atoms with E-state index in [4.69, 9.17) is 34.8 Å². The SMILES string of the molecule is C.COC(=O)c1c(-c2ccc(Oc3ccccc3)cc2)nc(C(CCO)c2ccccc2[N+](=O)[O-])n1N.COC(=O)c1c(-c2ccc(Oc3ccccc3)cc2)nc(C(CCOS(C)(=O)=O)c2ccccc2[N+](=O)[O-])n1N. The summed E-state index contributed by atoms with van der Waals surface area (Å²) in [5.41, 5.74) is 1.54. The number of esters is 2. The number of ether oxygens (including phenoxy) is 4. The first-order chi connectivity index (χ1) is 36.5. The number of nitrogens with zero attached hydrogens (tertiary/aromatic N) is 6. The van der Waals surface area contributed by atoms with Gasteiger partial charge in [0.2, 0.25) is 0 Å². The minimum Gasteiger partial charge on any atom is -0.464 e. The number of nitrogen functional groups attached to an aromatic ring is 2. The van der Waals surface area contributed by atoms with Crippen molar-refractivity contribution in [3.05, 3.63) is 212 Å². The first-order valence-corrected chi connectivity index (χ1v) is 24.9. The van der Waals surface area contributed by atoms with Gasteiger partial charge in [-0.25, -0.2) is 28.9 Å². The van der Waals surface area contributed by atoms with Crippen LogP contribution in [0.4, 0.5) is 11.4 Å². The molecule has 0 radical (unpaired) electrons. The number of nitrogens with two attached hydrogens (primary N) is 2. The zero-order valence-electron chi connectivity index (χ0n) is 41.0. The number of nitro benzene ring substituents is 2. The molecular formula is C54H54N8O14S. The first kappa shape index (κ1) is 56.8. The van der Waals surface area contributed by atoms with Gasteiger partial charge in [0.25, 0.3) is 21.5 Å². The van der Waals surface area contributed by atoms with Crippen molar-refractivity contribution >= 4 is 33.4 Å². The molecule has 0 aliphatic heterocycles. The molecule has 0 aliphatic carbocycles. The molecule has 22 nitrogen and oxygen atoms in total. The van der Waals surface area contributed by atoms with Crippen molar-refractivity contribution in [3.63, 3.8) is 0 Å². The van der Waals surface area contributed by atoms with Crippen molar-refractivity contribution in [2.75, 3.05) is 45.4 Å². The standard InChI is InChI=1S/C27H26N4O8S.C26H24N4O6.CH4/c1-37-27(32)25-24(18-12-14-20(15-13-18)39-19-8-4-3-5-9-19)29-26(30(25)28)22(16-17-38-40(2,35)36)21-10-6-7-11-23(21)31(33)34;1-35-26(32)24-23(17-11-13-19(14-12-17)36-18-7-3-2-4-8-18)28-25(29(24)27)21(15-16-31)20-9-5-6-10-22(20)30(33)34;/h3-15,22H,16-17,28H2,1-2H3;2-14,21,31H,15-16,27H2,1H3;1H4.